The molecule has 0 spiro atoms. The third kappa shape index (κ3) is 3.08. The minimum atomic E-state index is -0.661. The maximum atomic E-state index is 13.6. The van der Waals surface area contributed by atoms with Gasteiger partial charge in [-0.2, -0.15) is 0 Å². The molecule has 0 bridgehead atoms. The van der Waals surface area contributed by atoms with E-state index in [1.54, 1.807) is 18.2 Å². The molecule has 0 heterocycles. The lowest BCUT2D eigenvalue weighted by molar-refractivity contribution is 0.102. The highest BCUT2D eigenvalue weighted by Gasteiger charge is 2.12. The summed E-state index contributed by atoms with van der Waals surface area (Å²) in [5.41, 5.74) is 6.15. The number of amides is 1. The van der Waals surface area contributed by atoms with Crippen LogP contribution in [0.1, 0.15) is 10.4 Å². The monoisotopic (exact) mass is 338 g/mol. The van der Waals surface area contributed by atoms with Crippen molar-refractivity contribution in [2.24, 2.45) is 0 Å². The number of nitrogens with two attached hydrogens (primary N) is 1. The largest absolute Gasteiger partial charge is 0.495 e. The number of ether oxygens (including phenoxy) is 1. The fourth-order valence-electron chi connectivity index (χ4n) is 1.65. The third-order valence-corrected chi connectivity index (χ3v) is 3.30. The minimum absolute atomic E-state index is 0.0684. The van der Waals surface area contributed by atoms with E-state index in [0.717, 1.165) is 10.5 Å². The molecule has 4 nitrogen and oxygen atoms in total. The number of carbonyl (C=O) groups is 1. The van der Waals surface area contributed by atoms with Gasteiger partial charge in [-0.05, 0) is 46.3 Å². The molecule has 104 valence electrons. The lowest BCUT2D eigenvalue weighted by Crippen LogP contribution is -2.14. The number of hydrogen-bond donors (Lipinski definition) is 2. The van der Waals surface area contributed by atoms with Crippen LogP contribution in [0.25, 0.3) is 0 Å². The van der Waals surface area contributed by atoms with Crippen LogP contribution >= 0.6 is 15.9 Å². The van der Waals surface area contributed by atoms with Crippen LogP contribution in [0.5, 0.6) is 5.75 Å². The molecule has 0 radical (unpaired) electrons. The molecule has 1 amide bonds. The summed E-state index contributed by atoms with van der Waals surface area (Å²) in [4.78, 5) is 12.0. The molecule has 2 rings (SSSR count). The third-order valence-electron chi connectivity index (χ3n) is 2.65. The lowest BCUT2D eigenvalue weighted by Gasteiger charge is -2.09. The molecule has 0 atom stereocenters. The van der Waals surface area contributed by atoms with Gasteiger partial charge in [-0.25, -0.2) is 4.39 Å². The Morgan fingerprint density at radius 2 is 2.05 bits per heavy atom. The van der Waals surface area contributed by atoms with Crippen LogP contribution in [0.15, 0.2) is 40.9 Å². The van der Waals surface area contributed by atoms with Gasteiger partial charge in [-0.3, -0.25) is 4.79 Å². The van der Waals surface area contributed by atoms with Crippen molar-refractivity contribution in [1.29, 1.82) is 0 Å². The summed E-state index contributed by atoms with van der Waals surface area (Å²) in [6.45, 7) is 0. The van der Waals surface area contributed by atoms with Crippen molar-refractivity contribution in [2.75, 3.05) is 18.2 Å². The van der Waals surface area contributed by atoms with Crippen molar-refractivity contribution in [3.05, 3.63) is 52.3 Å². The van der Waals surface area contributed by atoms with Gasteiger partial charge in [-0.1, -0.05) is 0 Å². The number of methoxy groups -OCH3 is 1. The first kappa shape index (κ1) is 14.3. The molecule has 0 saturated heterocycles. The standard InChI is InChI=1S/C14H12BrFN2O2/c1-20-13-7-9(3-5-11(13)15)18-14(19)10-4-2-8(17)6-12(10)16/h2-7H,17H2,1H3,(H,18,19). The number of nitrogen functional groups attached to an aromatic ring is 1. The Hall–Kier alpha value is -2.08. The molecular formula is C14H12BrFN2O2. The van der Waals surface area contributed by atoms with E-state index in [9.17, 15) is 9.18 Å². The zero-order valence-corrected chi connectivity index (χ0v) is 12.2. The fraction of sp³-hybridized carbons (Fsp3) is 0.0714. The Kier molecular flexibility index (Phi) is 4.24. The Morgan fingerprint density at radius 1 is 1.30 bits per heavy atom. The van der Waals surface area contributed by atoms with Gasteiger partial charge < -0.3 is 15.8 Å². The van der Waals surface area contributed by atoms with E-state index in [2.05, 4.69) is 21.2 Å². The summed E-state index contributed by atoms with van der Waals surface area (Å²) in [5, 5.41) is 2.60. The predicted octanol–water partition coefficient (Wildman–Crippen LogP) is 3.43. The van der Waals surface area contributed by atoms with Crippen molar-refractivity contribution < 1.29 is 13.9 Å². The van der Waals surface area contributed by atoms with Crippen LogP contribution in [0.3, 0.4) is 0 Å². The Morgan fingerprint density at radius 3 is 2.70 bits per heavy atom. The summed E-state index contributed by atoms with van der Waals surface area (Å²) in [6, 6.07) is 8.97. The molecule has 2 aromatic rings. The van der Waals surface area contributed by atoms with E-state index in [1.807, 2.05) is 0 Å². The number of rotatable bonds is 3. The van der Waals surface area contributed by atoms with Gasteiger partial charge in [-0.15, -0.1) is 0 Å². The highest BCUT2D eigenvalue weighted by Crippen LogP contribution is 2.28. The molecule has 0 aliphatic rings. The van der Waals surface area contributed by atoms with Gasteiger partial charge in [0.2, 0.25) is 0 Å². The summed E-state index contributed by atoms with van der Waals surface area (Å²) < 4.78 is 19.5. The second kappa shape index (κ2) is 5.92. The summed E-state index contributed by atoms with van der Waals surface area (Å²) in [6.07, 6.45) is 0. The number of nitrogens with one attached hydrogen (secondary N) is 1. The second-order valence-electron chi connectivity index (χ2n) is 4.04. The van der Waals surface area contributed by atoms with Crippen LogP contribution in [0, 0.1) is 5.82 Å². The molecular weight excluding hydrogens is 327 g/mol. The normalized spacial score (nSPS) is 10.2. The quantitative estimate of drug-likeness (QED) is 0.842. The van der Waals surface area contributed by atoms with Gasteiger partial charge in [0.1, 0.15) is 11.6 Å². The maximum absolute atomic E-state index is 13.6. The van der Waals surface area contributed by atoms with Crippen LogP contribution < -0.4 is 15.8 Å². The van der Waals surface area contributed by atoms with E-state index >= 15 is 0 Å². The summed E-state index contributed by atoms with van der Waals surface area (Å²) in [7, 11) is 1.52. The summed E-state index contributed by atoms with van der Waals surface area (Å²) >= 11 is 3.31. The van der Waals surface area contributed by atoms with Crippen LogP contribution in [0.4, 0.5) is 15.8 Å². The first-order valence-corrected chi connectivity index (χ1v) is 6.50. The summed E-state index contributed by atoms with van der Waals surface area (Å²) in [5.74, 6) is -0.640. The SMILES string of the molecule is COc1cc(NC(=O)c2ccc(N)cc2F)ccc1Br. The molecule has 0 unspecified atom stereocenters. The van der Waals surface area contributed by atoms with E-state index in [1.165, 1.54) is 19.2 Å². The number of hydrogen-bond acceptors (Lipinski definition) is 3. The molecule has 20 heavy (non-hydrogen) atoms. The van der Waals surface area contributed by atoms with E-state index in [-0.39, 0.29) is 11.3 Å². The maximum Gasteiger partial charge on any atom is 0.258 e. The van der Waals surface area contributed by atoms with Crippen molar-refractivity contribution in [3.63, 3.8) is 0 Å². The fourth-order valence-corrected chi connectivity index (χ4v) is 2.06. The molecule has 0 aliphatic carbocycles. The van der Waals surface area contributed by atoms with Crippen molar-refractivity contribution in [1.82, 2.24) is 0 Å². The first-order chi connectivity index (χ1) is 9.51. The smallest absolute Gasteiger partial charge is 0.258 e. The molecule has 0 aromatic heterocycles. The van der Waals surface area contributed by atoms with Crippen molar-refractivity contribution >= 4 is 33.2 Å². The lowest BCUT2D eigenvalue weighted by atomic mass is 10.1. The highest BCUT2D eigenvalue weighted by atomic mass is 79.9. The van der Waals surface area contributed by atoms with Gasteiger partial charge in [0.25, 0.3) is 5.91 Å². The molecule has 2 aromatic carbocycles. The Bertz CT molecular complexity index is 662. The Balaban J connectivity index is 2.23. The Labute approximate surface area is 123 Å². The minimum Gasteiger partial charge on any atom is -0.495 e. The van der Waals surface area contributed by atoms with Crippen LogP contribution in [-0.2, 0) is 0 Å². The average molecular weight is 339 g/mol. The zero-order chi connectivity index (χ0) is 14.7. The van der Waals surface area contributed by atoms with Gasteiger partial charge in [0.15, 0.2) is 0 Å². The van der Waals surface area contributed by atoms with Crippen molar-refractivity contribution in [3.8, 4) is 5.75 Å². The average Bonchev–Trinajstić information content (AvgIpc) is 2.40. The topological polar surface area (TPSA) is 64.3 Å². The van der Waals surface area contributed by atoms with E-state index in [4.69, 9.17) is 10.5 Å². The highest BCUT2D eigenvalue weighted by molar-refractivity contribution is 9.10. The second-order valence-corrected chi connectivity index (χ2v) is 4.90. The molecule has 0 fully saturated rings. The van der Waals surface area contributed by atoms with Crippen molar-refractivity contribution in [2.45, 2.75) is 0 Å². The van der Waals surface area contributed by atoms with Gasteiger partial charge in [0, 0.05) is 17.4 Å². The number of halogens is 2. The predicted molar refractivity (Wildman–Crippen MR) is 79.5 cm³/mol. The van der Waals surface area contributed by atoms with E-state index < -0.39 is 11.7 Å². The van der Waals surface area contributed by atoms with Gasteiger partial charge in [0.05, 0.1) is 17.1 Å². The molecule has 3 N–H and O–H groups in total. The van der Waals surface area contributed by atoms with Crippen LogP contribution in [-0.4, -0.2) is 13.0 Å². The zero-order valence-electron chi connectivity index (χ0n) is 10.6. The van der Waals surface area contributed by atoms with Crippen LogP contribution in [0.2, 0.25) is 0 Å². The molecule has 6 heteroatoms. The number of carbonyl (C=O) groups excluding carboxylic acids is 1. The van der Waals surface area contributed by atoms with Gasteiger partial charge >= 0.3 is 0 Å². The number of benzene rings is 2. The molecule has 0 saturated carbocycles. The van der Waals surface area contributed by atoms with E-state index in [0.29, 0.717) is 11.4 Å². The first-order valence-electron chi connectivity index (χ1n) is 5.71. The number of anilines is 2. The molecule has 0 aliphatic heterocycles.